The first-order valence-corrected chi connectivity index (χ1v) is 6.24. The third-order valence-corrected chi connectivity index (χ3v) is 3.05. The van der Waals surface area contributed by atoms with Gasteiger partial charge in [0.05, 0.1) is 6.54 Å². The van der Waals surface area contributed by atoms with E-state index in [4.69, 9.17) is 4.42 Å². The molecule has 3 aromatic rings. The average Bonchev–Trinajstić information content (AvgIpc) is 2.89. The molecule has 1 aromatic carbocycles. The van der Waals surface area contributed by atoms with E-state index in [1.807, 2.05) is 0 Å². The maximum absolute atomic E-state index is 12.1. The van der Waals surface area contributed by atoms with E-state index < -0.39 is 11.5 Å². The third-order valence-electron chi connectivity index (χ3n) is 3.05. The molecule has 1 N–H and O–H groups in total. The maximum atomic E-state index is 12.1. The van der Waals surface area contributed by atoms with E-state index >= 15 is 0 Å². The number of rotatable bonds is 3. The lowest BCUT2D eigenvalue weighted by atomic mass is 10.2. The fraction of sp³-hybridized carbons (Fsp3) is 0.143. The molecule has 2 heterocycles. The molecule has 0 saturated heterocycles. The van der Waals surface area contributed by atoms with Crippen LogP contribution in [0, 0.1) is 6.92 Å². The smallest absolute Gasteiger partial charge is 0.349 e. The molecule has 1 amide bonds. The standard InChI is InChI=1S/C14H11N3O4/c1-8-11(17-21-16-8)7-15-13(18)10-6-9-4-2-3-5-12(9)20-14(10)19/h2-6H,7H2,1H3,(H,15,18). The Hall–Kier alpha value is -2.96. The van der Waals surface area contributed by atoms with Crippen molar-refractivity contribution in [2.24, 2.45) is 0 Å². The van der Waals surface area contributed by atoms with Crippen molar-refractivity contribution >= 4 is 16.9 Å². The van der Waals surface area contributed by atoms with Gasteiger partial charge >= 0.3 is 5.63 Å². The minimum atomic E-state index is -0.679. The first-order chi connectivity index (χ1) is 10.1. The van der Waals surface area contributed by atoms with Crippen LogP contribution < -0.4 is 10.9 Å². The predicted octanol–water partition coefficient (Wildman–Crippen LogP) is 1.41. The number of para-hydroxylation sites is 1. The second kappa shape index (κ2) is 5.20. The lowest BCUT2D eigenvalue weighted by Crippen LogP contribution is -2.28. The highest BCUT2D eigenvalue weighted by Gasteiger charge is 2.14. The van der Waals surface area contributed by atoms with Crippen molar-refractivity contribution < 1.29 is 13.8 Å². The summed E-state index contributed by atoms with van der Waals surface area (Å²) in [5.74, 6) is -0.531. The van der Waals surface area contributed by atoms with Crippen molar-refractivity contribution in [1.29, 1.82) is 0 Å². The number of nitrogens with zero attached hydrogens (tertiary/aromatic N) is 2. The molecule has 3 rings (SSSR count). The van der Waals surface area contributed by atoms with Crippen LogP contribution in [0.3, 0.4) is 0 Å². The molecule has 0 aliphatic rings. The zero-order chi connectivity index (χ0) is 14.8. The normalized spacial score (nSPS) is 10.7. The van der Waals surface area contributed by atoms with Crippen molar-refractivity contribution in [2.75, 3.05) is 0 Å². The molecule has 0 fully saturated rings. The number of carbonyl (C=O) groups excluding carboxylic acids is 1. The van der Waals surface area contributed by atoms with Crippen molar-refractivity contribution in [3.63, 3.8) is 0 Å². The largest absolute Gasteiger partial charge is 0.422 e. The van der Waals surface area contributed by atoms with Crippen LogP contribution in [-0.2, 0) is 6.54 Å². The second-order valence-corrected chi connectivity index (χ2v) is 4.46. The van der Waals surface area contributed by atoms with Gasteiger partial charge < -0.3 is 9.73 Å². The molecule has 0 aliphatic carbocycles. The Bertz CT molecular complexity index is 866. The zero-order valence-electron chi connectivity index (χ0n) is 11.1. The molecule has 0 atom stereocenters. The SMILES string of the molecule is Cc1nonc1CNC(=O)c1cc2ccccc2oc1=O. The quantitative estimate of drug-likeness (QED) is 0.731. The average molecular weight is 285 g/mol. The second-order valence-electron chi connectivity index (χ2n) is 4.46. The van der Waals surface area contributed by atoms with Gasteiger partial charge in [0, 0.05) is 5.39 Å². The molecule has 0 aliphatic heterocycles. The molecule has 7 heteroatoms. The number of carbonyl (C=O) groups is 1. The molecular formula is C14H11N3O4. The topological polar surface area (TPSA) is 98.2 Å². The van der Waals surface area contributed by atoms with Crippen LogP contribution in [0.15, 0.2) is 44.2 Å². The summed E-state index contributed by atoms with van der Waals surface area (Å²) < 4.78 is 9.64. The molecule has 0 unspecified atom stereocenters. The Labute approximate surface area is 118 Å². The number of amides is 1. The van der Waals surface area contributed by atoms with Gasteiger partial charge in [0.1, 0.15) is 22.5 Å². The summed E-state index contributed by atoms with van der Waals surface area (Å²) >= 11 is 0. The van der Waals surface area contributed by atoms with Crippen LogP contribution in [0.25, 0.3) is 11.0 Å². The van der Waals surface area contributed by atoms with Crippen molar-refractivity contribution in [3.05, 3.63) is 57.7 Å². The summed E-state index contributed by atoms with van der Waals surface area (Å²) in [6.07, 6.45) is 0. The molecule has 0 bridgehead atoms. The molecule has 7 nitrogen and oxygen atoms in total. The van der Waals surface area contributed by atoms with Gasteiger partial charge in [0.2, 0.25) is 0 Å². The van der Waals surface area contributed by atoms with Gasteiger partial charge in [-0.3, -0.25) is 4.79 Å². The number of hydrogen-bond donors (Lipinski definition) is 1. The van der Waals surface area contributed by atoms with Gasteiger partial charge in [-0.1, -0.05) is 28.5 Å². The van der Waals surface area contributed by atoms with Crippen LogP contribution in [0.5, 0.6) is 0 Å². The van der Waals surface area contributed by atoms with Crippen molar-refractivity contribution in [3.8, 4) is 0 Å². The highest BCUT2D eigenvalue weighted by molar-refractivity contribution is 5.96. The summed E-state index contributed by atoms with van der Waals surface area (Å²) in [6.45, 7) is 1.84. The Kier molecular flexibility index (Phi) is 3.23. The van der Waals surface area contributed by atoms with Gasteiger partial charge in [-0.15, -0.1) is 0 Å². The van der Waals surface area contributed by atoms with E-state index in [0.717, 1.165) is 0 Å². The van der Waals surface area contributed by atoms with Gasteiger partial charge in [-0.2, -0.15) is 0 Å². The van der Waals surface area contributed by atoms with Crippen LogP contribution in [0.1, 0.15) is 21.7 Å². The number of aromatic nitrogens is 2. The summed E-state index contributed by atoms with van der Waals surface area (Å²) in [4.78, 5) is 23.9. The number of hydrogen-bond acceptors (Lipinski definition) is 6. The van der Waals surface area contributed by atoms with E-state index in [-0.39, 0.29) is 12.1 Å². The fourth-order valence-corrected chi connectivity index (χ4v) is 1.89. The molecule has 0 saturated carbocycles. The van der Waals surface area contributed by atoms with Crippen LogP contribution in [0.4, 0.5) is 0 Å². The highest BCUT2D eigenvalue weighted by Crippen LogP contribution is 2.12. The number of aryl methyl sites for hydroxylation is 1. The molecule has 2 aromatic heterocycles. The molecule has 0 spiro atoms. The lowest BCUT2D eigenvalue weighted by molar-refractivity contribution is 0.0946. The fourth-order valence-electron chi connectivity index (χ4n) is 1.89. The molecule has 106 valence electrons. The molecular weight excluding hydrogens is 274 g/mol. The van der Waals surface area contributed by atoms with E-state index in [2.05, 4.69) is 20.3 Å². The van der Waals surface area contributed by atoms with Crippen LogP contribution >= 0.6 is 0 Å². The molecule has 21 heavy (non-hydrogen) atoms. The maximum Gasteiger partial charge on any atom is 0.349 e. The van der Waals surface area contributed by atoms with Gasteiger partial charge in [-0.25, -0.2) is 9.42 Å². The van der Waals surface area contributed by atoms with E-state index in [1.54, 1.807) is 31.2 Å². The minimum Gasteiger partial charge on any atom is -0.422 e. The Morgan fingerprint density at radius 3 is 2.86 bits per heavy atom. The Balaban J connectivity index is 1.86. The summed E-state index contributed by atoms with van der Waals surface area (Å²) in [7, 11) is 0. The number of fused-ring (bicyclic) bond motifs is 1. The summed E-state index contributed by atoms with van der Waals surface area (Å²) in [5, 5.41) is 10.5. The first-order valence-electron chi connectivity index (χ1n) is 6.24. The zero-order valence-corrected chi connectivity index (χ0v) is 11.1. The Morgan fingerprint density at radius 2 is 2.10 bits per heavy atom. The summed E-state index contributed by atoms with van der Waals surface area (Å²) in [5.41, 5.74) is 0.800. The van der Waals surface area contributed by atoms with Gasteiger partial charge in [0.25, 0.3) is 5.91 Å². The summed E-state index contributed by atoms with van der Waals surface area (Å²) in [6, 6.07) is 8.49. The Morgan fingerprint density at radius 1 is 1.29 bits per heavy atom. The van der Waals surface area contributed by atoms with Crippen molar-refractivity contribution in [2.45, 2.75) is 13.5 Å². The number of benzene rings is 1. The van der Waals surface area contributed by atoms with E-state index in [1.165, 1.54) is 6.07 Å². The van der Waals surface area contributed by atoms with Crippen LogP contribution in [-0.4, -0.2) is 16.2 Å². The predicted molar refractivity (Wildman–Crippen MR) is 72.7 cm³/mol. The van der Waals surface area contributed by atoms with Crippen molar-refractivity contribution in [1.82, 2.24) is 15.6 Å². The van der Waals surface area contributed by atoms with E-state index in [0.29, 0.717) is 22.4 Å². The van der Waals surface area contributed by atoms with E-state index in [9.17, 15) is 9.59 Å². The van der Waals surface area contributed by atoms with Gasteiger partial charge in [0.15, 0.2) is 0 Å². The third kappa shape index (κ3) is 2.53. The first kappa shape index (κ1) is 13.0. The lowest BCUT2D eigenvalue weighted by Gasteiger charge is -2.03. The monoisotopic (exact) mass is 285 g/mol. The highest BCUT2D eigenvalue weighted by atomic mass is 16.6. The minimum absolute atomic E-state index is 0.0530. The molecule has 0 radical (unpaired) electrons. The van der Waals surface area contributed by atoms with Gasteiger partial charge in [-0.05, 0) is 19.1 Å². The number of nitrogens with one attached hydrogen (secondary N) is 1. The van der Waals surface area contributed by atoms with Crippen LogP contribution in [0.2, 0.25) is 0 Å².